The minimum atomic E-state index is -0.753. The molecule has 0 aromatic heterocycles. The van der Waals surface area contributed by atoms with Crippen molar-refractivity contribution in [1.29, 1.82) is 0 Å². The predicted molar refractivity (Wildman–Crippen MR) is 196 cm³/mol. The van der Waals surface area contributed by atoms with Crippen LogP contribution in [-0.2, 0) is 12.8 Å². The number of hydrogen-bond donors (Lipinski definition) is 4. The van der Waals surface area contributed by atoms with Gasteiger partial charge in [0.25, 0.3) is 0 Å². The number of rotatable bonds is 5. The highest BCUT2D eigenvalue weighted by atomic mass is 16.3. The van der Waals surface area contributed by atoms with Gasteiger partial charge >= 0.3 is 0 Å². The molecule has 48 heavy (non-hydrogen) atoms. The summed E-state index contributed by atoms with van der Waals surface area (Å²) in [5.41, 5.74) is 11.3. The molecule has 0 radical (unpaired) electrons. The van der Waals surface area contributed by atoms with Crippen molar-refractivity contribution in [3.05, 3.63) is 155 Å². The second-order valence-corrected chi connectivity index (χ2v) is 12.5. The van der Waals surface area contributed by atoms with E-state index < -0.39 is 23.0 Å². The Balaban J connectivity index is 1.43. The van der Waals surface area contributed by atoms with E-state index in [0.29, 0.717) is 11.1 Å². The molecule has 4 nitrogen and oxygen atoms in total. The third-order valence-corrected chi connectivity index (χ3v) is 9.74. The van der Waals surface area contributed by atoms with Crippen LogP contribution in [0.4, 0.5) is 0 Å². The van der Waals surface area contributed by atoms with Gasteiger partial charge in [-0.25, -0.2) is 0 Å². The van der Waals surface area contributed by atoms with Crippen LogP contribution in [0.3, 0.4) is 0 Å². The molecule has 4 heteroatoms. The van der Waals surface area contributed by atoms with Crippen molar-refractivity contribution in [3.8, 4) is 45.3 Å². The molecule has 8 rings (SSSR count). The fourth-order valence-corrected chi connectivity index (χ4v) is 7.66. The van der Waals surface area contributed by atoms with E-state index in [1.807, 2.05) is 79.7 Å². The highest BCUT2D eigenvalue weighted by Gasteiger charge is 2.30. The van der Waals surface area contributed by atoms with E-state index in [-0.39, 0.29) is 10.8 Å². The summed E-state index contributed by atoms with van der Waals surface area (Å²) >= 11 is 0. The first-order valence-corrected chi connectivity index (χ1v) is 16.3. The Morgan fingerprint density at radius 3 is 1.92 bits per heavy atom. The summed E-state index contributed by atoms with van der Waals surface area (Å²) in [6, 6.07) is 32.3. The molecule has 2 aliphatic rings. The zero-order chi connectivity index (χ0) is 32.9. The summed E-state index contributed by atoms with van der Waals surface area (Å²) in [4.78, 5) is 0. The Morgan fingerprint density at radius 1 is 0.542 bits per heavy atom. The third kappa shape index (κ3) is 4.52. The SMILES string of the molecule is C/C=C\C1=C(/C=C/C2=CCCc3ccccc32)Cc2cccc(-c3c4ccccc4c(-c4ccccc4)c4c(O)c(O)c(O)c(O)c34)c21. The second-order valence-electron chi connectivity index (χ2n) is 12.5. The van der Waals surface area contributed by atoms with Crippen molar-refractivity contribution >= 4 is 32.7 Å². The molecule has 234 valence electrons. The fraction of sp³-hybridized carbons (Fsp3) is 0.0909. The summed E-state index contributed by atoms with van der Waals surface area (Å²) < 4.78 is 0. The maximum Gasteiger partial charge on any atom is 0.204 e. The lowest BCUT2D eigenvalue weighted by molar-refractivity contribution is 0.351. The Bertz CT molecular complexity index is 2410. The molecule has 0 bridgehead atoms. The van der Waals surface area contributed by atoms with Crippen molar-refractivity contribution in [3.63, 3.8) is 0 Å². The minimum absolute atomic E-state index is 0.276. The zero-order valence-electron chi connectivity index (χ0n) is 26.5. The molecule has 6 aromatic rings. The van der Waals surface area contributed by atoms with Crippen molar-refractivity contribution in [2.45, 2.75) is 26.2 Å². The van der Waals surface area contributed by atoms with E-state index in [0.717, 1.165) is 57.9 Å². The number of phenols is 4. The summed E-state index contributed by atoms with van der Waals surface area (Å²) in [7, 11) is 0. The van der Waals surface area contributed by atoms with Gasteiger partial charge in [-0.1, -0.05) is 127 Å². The molecule has 0 spiro atoms. The van der Waals surface area contributed by atoms with Gasteiger partial charge in [0.2, 0.25) is 11.5 Å². The number of phenolic OH excluding ortho intramolecular Hbond substituents is 4. The van der Waals surface area contributed by atoms with Gasteiger partial charge in [0.15, 0.2) is 11.5 Å². The Kier molecular flexibility index (Phi) is 7.14. The molecule has 0 unspecified atom stereocenters. The molecule has 0 heterocycles. The van der Waals surface area contributed by atoms with Crippen LogP contribution >= 0.6 is 0 Å². The normalized spacial score (nSPS) is 14.3. The van der Waals surface area contributed by atoms with E-state index in [1.165, 1.54) is 22.3 Å². The second kappa shape index (κ2) is 11.7. The first kappa shape index (κ1) is 29.4. The van der Waals surface area contributed by atoms with Gasteiger partial charge in [0, 0.05) is 21.9 Å². The van der Waals surface area contributed by atoms with E-state index in [1.54, 1.807) is 0 Å². The Hall–Kier alpha value is -6.00. The van der Waals surface area contributed by atoms with Gasteiger partial charge in [-0.2, -0.15) is 0 Å². The molecule has 4 N–H and O–H groups in total. The van der Waals surface area contributed by atoms with Crippen LogP contribution in [0.1, 0.15) is 35.6 Å². The number of allylic oxidation sites excluding steroid dienone is 8. The maximum atomic E-state index is 11.7. The van der Waals surface area contributed by atoms with E-state index in [4.69, 9.17) is 0 Å². The highest BCUT2D eigenvalue weighted by molar-refractivity contribution is 6.26. The third-order valence-electron chi connectivity index (χ3n) is 9.74. The number of hydrogen-bond acceptors (Lipinski definition) is 4. The first-order valence-electron chi connectivity index (χ1n) is 16.3. The van der Waals surface area contributed by atoms with E-state index >= 15 is 0 Å². The van der Waals surface area contributed by atoms with Crippen LogP contribution in [0.2, 0.25) is 0 Å². The number of fused-ring (bicyclic) bond motifs is 4. The average molecular weight is 627 g/mol. The van der Waals surface area contributed by atoms with Crippen molar-refractivity contribution < 1.29 is 20.4 Å². The standard InChI is InChI=1S/C44H34O4/c1-2-12-32-29(24-23-27-17-10-16-26-13-6-7-19-31(26)27)25-30-18-11-22-35(36(30)32)38-34-21-9-8-20-33(34)37(28-14-4-3-5-15-28)39-40(38)42(46)44(48)43(47)41(39)45/h2-9,11-15,17-24,45-48H,10,16,25H2,1H3/b12-2-,24-23+. The highest BCUT2D eigenvalue weighted by Crippen LogP contribution is 2.57. The maximum absolute atomic E-state index is 11.7. The molecule has 0 atom stereocenters. The van der Waals surface area contributed by atoms with Crippen LogP contribution in [0.15, 0.2) is 133 Å². The summed E-state index contributed by atoms with van der Waals surface area (Å²) in [5, 5.41) is 47.2. The number of benzene rings is 6. The smallest absolute Gasteiger partial charge is 0.204 e. The molecular formula is C44H34O4. The largest absolute Gasteiger partial charge is 0.504 e. The van der Waals surface area contributed by atoms with Crippen molar-refractivity contribution in [2.24, 2.45) is 0 Å². The summed E-state index contributed by atoms with van der Waals surface area (Å²) in [6.07, 6.45) is 13.8. The molecule has 0 aliphatic heterocycles. The van der Waals surface area contributed by atoms with Gasteiger partial charge in [0.1, 0.15) is 0 Å². The molecule has 0 saturated carbocycles. The van der Waals surface area contributed by atoms with Gasteiger partial charge in [-0.05, 0) is 87.1 Å². The van der Waals surface area contributed by atoms with Gasteiger partial charge in [-0.3, -0.25) is 0 Å². The van der Waals surface area contributed by atoms with Crippen LogP contribution in [0.5, 0.6) is 23.0 Å². The van der Waals surface area contributed by atoms with Gasteiger partial charge < -0.3 is 20.4 Å². The predicted octanol–water partition coefficient (Wildman–Crippen LogP) is 10.6. The fourth-order valence-electron chi connectivity index (χ4n) is 7.66. The van der Waals surface area contributed by atoms with Crippen molar-refractivity contribution in [2.75, 3.05) is 0 Å². The number of aryl methyl sites for hydroxylation is 1. The molecular weight excluding hydrogens is 592 g/mol. The van der Waals surface area contributed by atoms with Crippen LogP contribution in [0, 0.1) is 0 Å². The monoisotopic (exact) mass is 626 g/mol. The summed E-state index contributed by atoms with van der Waals surface area (Å²) in [6.45, 7) is 2.01. The lowest BCUT2D eigenvalue weighted by Gasteiger charge is -2.22. The summed E-state index contributed by atoms with van der Waals surface area (Å²) in [5.74, 6) is -2.46. The molecule has 6 aromatic carbocycles. The van der Waals surface area contributed by atoms with Gasteiger partial charge in [-0.15, -0.1) is 0 Å². The van der Waals surface area contributed by atoms with Crippen LogP contribution in [0.25, 0.3) is 54.9 Å². The molecule has 0 saturated heterocycles. The molecule has 2 aliphatic carbocycles. The van der Waals surface area contributed by atoms with E-state index in [9.17, 15) is 20.4 Å². The minimum Gasteiger partial charge on any atom is -0.504 e. The first-order chi connectivity index (χ1) is 23.5. The Labute approximate surface area is 279 Å². The van der Waals surface area contributed by atoms with Crippen LogP contribution in [-0.4, -0.2) is 20.4 Å². The zero-order valence-corrected chi connectivity index (χ0v) is 26.5. The van der Waals surface area contributed by atoms with Gasteiger partial charge in [0.05, 0.1) is 0 Å². The molecule has 0 fully saturated rings. The topological polar surface area (TPSA) is 80.9 Å². The van der Waals surface area contributed by atoms with Crippen LogP contribution < -0.4 is 0 Å². The average Bonchev–Trinajstić information content (AvgIpc) is 3.49. The van der Waals surface area contributed by atoms with E-state index in [2.05, 4.69) is 54.6 Å². The quantitative estimate of drug-likeness (QED) is 0.0872. The lowest BCUT2D eigenvalue weighted by atomic mass is 9.82. The lowest BCUT2D eigenvalue weighted by Crippen LogP contribution is -1.97. The Morgan fingerprint density at radius 2 is 1.17 bits per heavy atom. The van der Waals surface area contributed by atoms with Crippen molar-refractivity contribution in [1.82, 2.24) is 0 Å². The molecule has 0 amide bonds. The number of aromatic hydroxyl groups is 4.